The van der Waals surface area contributed by atoms with E-state index in [-0.39, 0.29) is 6.10 Å². The number of nitrogens with zero attached hydrogens (tertiary/aromatic N) is 1. The SMILES string of the molecule is CC(C)Oc1ccc(Cl)c2cccnc12. The maximum atomic E-state index is 6.07. The van der Waals surface area contributed by atoms with Crippen molar-refractivity contribution in [2.75, 3.05) is 0 Å². The van der Waals surface area contributed by atoms with Crippen LogP contribution in [0.4, 0.5) is 0 Å². The molecule has 0 aliphatic rings. The van der Waals surface area contributed by atoms with Crippen molar-refractivity contribution >= 4 is 22.5 Å². The molecule has 0 bridgehead atoms. The number of hydrogen-bond acceptors (Lipinski definition) is 2. The molecule has 0 radical (unpaired) electrons. The average molecular weight is 222 g/mol. The highest BCUT2D eigenvalue weighted by atomic mass is 35.5. The minimum absolute atomic E-state index is 0.136. The molecular formula is C12H12ClNO. The lowest BCUT2D eigenvalue weighted by atomic mass is 10.2. The molecule has 0 saturated carbocycles. The van der Waals surface area contributed by atoms with Gasteiger partial charge in [-0.15, -0.1) is 0 Å². The summed E-state index contributed by atoms with van der Waals surface area (Å²) in [6.45, 7) is 3.98. The molecule has 1 aromatic carbocycles. The monoisotopic (exact) mass is 221 g/mol. The van der Waals surface area contributed by atoms with Crippen molar-refractivity contribution in [3.63, 3.8) is 0 Å². The number of benzene rings is 1. The first kappa shape index (κ1) is 10.2. The van der Waals surface area contributed by atoms with Crippen LogP contribution in [0.2, 0.25) is 5.02 Å². The van der Waals surface area contributed by atoms with Crippen LogP contribution in [-0.4, -0.2) is 11.1 Å². The number of pyridine rings is 1. The van der Waals surface area contributed by atoms with E-state index < -0.39 is 0 Å². The smallest absolute Gasteiger partial charge is 0.146 e. The highest BCUT2D eigenvalue weighted by molar-refractivity contribution is 6.35. The van der Waals surface area contributed by atoms with Gasteiger partial charge in [0.1, 0.15) is 11.3 Å². The minimum Gasteiger partial charge on any atom is -0.489 e. The third-order valence-corrected chi connectivity index (χ3v) is 2.37. The summed E-state index contributed by atoms with van der Waals surface area (Å²) in [6, 6.07) is 7.51. The summed E-state index contributed by atoms with van der Waals surface area (Å²) >= 11 is 6.07. The number of fused-ring (bicyclic) bond motifs is 1. The van der Waals surface area contributed by atoms with Crippen LogP contribution in [-0.2, 0) is 0 Å². The Morgan fingerprint density at radius 2 is 2.07 bits per heavy atom. The van der Waals surface area contributed by atoms with Crippen LogP contribution in [0.25, 0.3) is 10.9 Å². The Morgan fingerprint density at radius 1 is 1.27 bits per heavy atom. The minimum atomic E-state index is 0.136. The van der Waals surface area contributed by atoms with E-state index in [9.17, 15) is 0 Å². The standard InChI is InChI=1S/C12H12ClNO/c1-8(2)15-11-6-5-10(13)9-4-3-7-14-12(9)11/h3-8H,1-2H3. The van der Waals surface area contributed by atoms with Gasteiger partial charge in [-0.25, -0.2) is 0 Å². The van der Waals surface area contributed by atoms with E-state index in [2.05, 4.69) is 4.98 Å². The van der Waals surface area contributed by atoms with E-state index in [4.69, 9.17) is 16.3 Å². The summed E-state index contributed by atoms with van der Waals surface area (Å²) in [6.07, 6.45) is 1.88. The topological polar surface area (TPSA) is 22.1 Å². The maximum absolute atomic E-state index is 6.07. The zero-order valence-electron chi connectivity index (χ0n) is 8.70. The Kier molecular flexibility index (Phi) is 2.78. The molecule has 0 aliphatic heterocycles. The van der Waals surface area contributed by atoms with Gasteiger partial charge in [0.2, 0.25) is 0 Å². The van der Waals surface area contributed by atoms with E-state index in [1.807, 2.05) is 38.1 Å². The molecule has 0 aliphatic carbocycles. The van der Waals surface area contributed by atoms with Crippen LogP contribution in [0.1, 0.15) is 13.8 Å². The zero-order chi connectivity index (χ0) is 10.8. The van der Waals surface area contributed by atoms with Gasteiger partial charge in [-0.05, 0) is 38.1 Å². The van der Waals surface area contributed by atoms with Gasteiger partial charge >= 0.3 is 0 Å². The summed E-state index contributed by atoms with van der Waals surface area (Å²) < 4.78 is 5.66. The fourth-order valence-corrected chi connectivity index (χ4v) is 1.68. The second kappa shape index (κ2) is 4.07. The number of aromatic nitrogens is 1. The van der Waals surface area contributed by atoms with Gasteiger partial charge in [-0.1, -0.05) is 11.6 Å². The number of ether oxygens (including phenoxy) is 1. The Morgan fingerprint density at radius 3 is 2.80 bits per heavy atom. The largest absolute Gasteiger partial charge is 0.489 e. The van der Waals surface area contributed by atoms with Gasteiger partial charge in [-0.3, -0.25) is 4.98 Å². The quantitative estimate of drug-likeness (QED) is 0.772. The molecule has 2 nitrogen and oxygen atoms in total. The van der Waals surface area contributed by atoms with Crippen LogP contribution in [0.5, 0.6) is 5.75 Å². The molecule has 0 fully saturated rings. The van der Waals surface area contributed by atoms with Crippen molar-refractivity contribution in [1.82, 2.24) is 4.98 Å². The summed E-state index contributed by atoms with van der Waals surface area (Å²) in [4.78, 5) is 4.29. The molecule has 2 aromatic rings. The molecule has 0 atom stereocenters. The van der Waals surface area contributed by atoms with Crippen molar-refractivity contribution in [2.24, 2.45) is 0 Å². The molecule has 3 heteroatoms. The molecule has 0 amide bonds. The van der Waals surface area contributed by atoms with Crippen molar-refractivity contribution in [2.45, 2.75) is 20.0 Å². The summed E-state index contributed by atoms with van der Waals surface area (Å²) in [7, 11) is 0. The molecule has 0 N–H and O–H groups in total. The van der Waals surface area contributed by atoms with Crippen LogP contribution < -0.4 is 4.74 Å². The van der Waals surface area contributed by atoms with Crippen LogP contribution >= 0.6 is 11.6 Å². The fourth-order valence-electron chi connectivity index (χ4n) is 1.46. The van der Waals surface area contributed by atoms with E-state index >= 15 is 0 Å². The number of rotatable bonds is 2. The average Bonchev–Trinajstić information content (AvgIpc) is 2.22. The Bertz CT molecular complexity index is 482. The van der Waals surface area contributed by atoms with Crippen molar-refractivity contribution in [3.05, 3.63) is 35.5 Å². The van der Waals surface area contributed by atoms with Crippen LogP contribution in [0.3, 0.4) is 0 Å². The predicted octanol–water partition coefficient (Wildman–Crippen LogP) is 3.68. The van der Waals surface area contributed by atoms with E-state index in [1.165, 1.54) is 0 Å². The van der Waals surface area contributed by atoms with Crippen LogP contribution in [0.15, 0.2) is 30.5 Å². The molecule has 15 heavy (non-hydrogen) atoms. The van der Waals surface area contributed by atoms with Gasteiger partial charge in [0, 0.05) is 11.6 Å². The molecule has 0 saturated heterocycles. The fraction of sp³-hybridized carbons (Fsp3) is 0.250. The van der Waals surface area contributed by atoms with Crippen LogP contribution in [0, 0.1) is 0 Å². The van der Waals surface area contributed by atoms with E-state index in [1.54, 1.807) is 6.20 Å². The first-order chi connectivity index (χ1) is 7.18. The first-order valence-corrected chi connectivity index (χ1v) is 5.26. The normalized spacial score (nSPS) is 10.9. The van der Waals surface area contributed by atoms with Gasteiger partial charge in [0.05, 0.1) is 11.1 Å². The molecular weight excluding hydrogens is 210 g/mol. The van der Waals surface area contributed by atoms with Crippen molar-refractivity contribution in [3.8, 4) is 5.75 Å². The Labute approximate surface area is 93.8 Å². The van der Waals surface area contributed by atoms with Gasteiger partial charge < -0.3 is 4.74 Å². The summed E-state index contributed by atoms with van der Waals surface area (Å²) in [5.41, 5.74) is 0.818. The number of hydrogen-bond donors (Lipinski definition) is 0. The third kappa shape index (κ3) is 2.05. The van der Waals surface area contributed by atoms with E-state index in [0.717, 1.165) is 16.7 Å². The lowest BCUT2D eigenvalue weighted by Crippen LogP contribution is -2.06. The summed E-state index contributed by atoms with van der Waals surface area (Å²) in [5.74, 6) is 0.782. The van der Waals surface area contributed by atoms with Crippen molar-refractivity contribution in [1.29, 1.82) is 0 Å². The van der Waals surface area contributed by atoms with Gasteiger partial charge in [0.15, 0.2) is 0 Å². The zero-order valence-corrected chi connectivity index (χ0v) is 9.45. The van der Waals surface area contributed by atoms with Crippen molar-refractivity contribution < 1.29 is 4.74 Å². The Balaban J connectivity index is 2.61. The maximum Gasteiger partial charge on any atom is 0.146 e. The highest BCUT2D eigenvalue weighted by Crippen LogP contribution is 2.29. The van der Waals surface area contributed by atoms with E-state index in [0.29, 0.717) is 5.02 Å². The molecule has 0 unspecified atom stereocenters. The molecule has 0 spiro atoms. The lowest BCUT2D eigenvalue weighted by Gasteiger charge is -2.11. The molecule has 78 valence electrons. The molecule has 1 aromatic heterocycles. The highest BCUT2D eigenvalue weighted by Gasteiger charge is 2.07. The summed E-state index contributed by atoms with van der Waals surface area (Å²) in [5, 5.41) is 1.63. The Hall–Kier alpha value is -1.28. The van der Waals surface area contributed by atoms with Gasteiger partial charge in [-0.2, -0.15) is 0 Å². The first-order valence-electron chi connectivity index (χ1n) is 4.88. The second-order valence-corrected chi connectivity index (χ2v) is 4.02. The second-order valence-electron chi connectivity index (χ2n) is 3.61. The third-order valence-electron chi connectivity index (χ3n) is 2.04. The van der Waals surface area contributed by atoms with Gasteiger partial charge in [0.25, 0.3) is 0 Å². The molecule has 1 heterocycles. The molecule has 2 rings (SSSR count). The number of halogens is 1. The lowest BCUT2D eigenvalue weighted by molar-refractivity contribution is 0.245. The predicted molar refractivity (Wildman–Crippen MR) is 62.5 cm³/mol.